The van der Waals surface area contributed by atoms with Crippen LogP contribution in [0.15, 0.2) is 0 Å². The molecule has 2 aliphatic heterocycles. The number of fused-ring (bicyclic) bond motifs is 2. The summed E-state index contributed by atoms with van der Waals surface area (Å²) in [5.74, 6) is 3.92. The summed E-state index contributed by atoms with van der Waals surface area (Å²) in [6.45, 7) is 8.09. The molecule has 2 heterocycles. The van der Waals surface area contributed by atoms with Gasteiger partial charge in [0.05, 0.1) is 0 Å². The number of piperidine rings is 1. The molecule has 2 bridgehead atoms. The number of amides is 1. The van der Waals surface area contributed by atoms with E-state index in [1.165, 1.54) is 0 Å². The quantitative estimate of drug-likeness (QED) is 0.790. The summed E-state index contributed by atoms with van der Waals surface area (Å²) in [6, 6.07) is 0. The summed E-state index contributed by atoms with van der Waals surface area (Å²) >= 11 is 2.00. The summed E-state index contributed by atoms with van der Waals surface area (Å²) in [5, 5.41) is 0. The third kappa shape index (κ3) is 3.12. The molecule has 1 amide bonds. The minimum atomic E-state index is -0.411. The molecule has 2 saturated heterocycles. The van der Waals surface area contributed by atoms with Gasteiger partial charge in [0.15, 0.2) is 0 Å². The number of hydrogen-bond donors (Lipinski definition) is 1. The number of likely N-dealkylation sites (tertiary alicyclic amines) is 1. The molecule has 2 fully saturated rings. The first-order valence-electron chi connectivity index (χ1n) is 6.66. The molecule has 0 spiro atoms. The van der Waals surface area contributed by atoms with Crippen LogP contribution in [-0.4, -0.2) is 47.7 Å². The van der Waals surface area contributed by atoms with Gasteiger partial charge in [-0.1, -0.05) is 0 Å². The van der Waals surface area contributed by atoms with Gasteiger partial charge in [-0.05, 0) is 56.6 Å². The van der Waals surface area contributed by atoms with Crippen molar-refractivity contribution >= 4 is 17.9 Å². The van der Waals surface area contributed by atoms with Gasteiger partial charge in [-0.25, -0.2) is 4.79 Å². The van der Waals surface area contributed by atoms with Crippen LogP contribution >= 0.6 is 11.8 Å². The first-order valence-corrected chi connectivity index (χ1v) is 7.82. The first-order chi connectivity index (χ1) is 8.40. The highest BCUT2D eigenvalue weighted by molar-refractivity contribution is 7.99. The van der Waals surface area contributed by atoms with Crippen LogP contribution in [0.1, 0.15) is 20.8 Å². The molecule has 4 nitrogen and oxygen atoms in total. The molecule has 0 aromatic carbocycles. The molecule has 0 saturated carbocycles. The van der Waals surface area contributed by atoms with Crippen LogP contribution in [0.4, 0.5) is 4.79 Å². The van der Waals surface area contributed by atoms with E-state index in [0.717, 1.165) is 31.1 Å². The molecule has 2 atom stereocenters. The molecule has 0 aromatic heterocycles. The van der Waals surface area contributed by atoms with Crippen molar-refractivity contribution in [2.75, 3.05) is 31.1 Å². The number of nitrogens with two attached hydrogens (primary N) is 1. The lowest BCUT2D eigenvalue weighted by Gasteiger charge is -2.46. The van der Waals surface area contributed by atoms with E-state index in [0.29, 0.717) is 17.8 Å². The second-order valence-electron chi connectivity index (χ2n) is 6.34. The van der Waals surface area contributed by atoms with E-state index < -0.39 is 5.60 Å². The third-order valence-corrected chi connectivity index (χ3v) is 5.04. The van der Waals surface area contributed by atoms with Gasteiger partial charge in [-0.3, -0.25) is 0 Å². The Hall–Kier alpha value is -0.420. The molecule has 104 valence electrons. The van der Waals surface area contributed by atoms with Gasteiger partial charge in [0.1, 0.15) is 5.60 Å². The average Bonchev–Trinajstić information content (AvgIpc) is 2.24. The van der Waals surface area contributed by atoms with Crippen molar-refractivity contribution in [2.24, 2.45) is 23.5 Å². The normalized spacial score (nSPS) is 32.2. The van der Waals surface area contributed by atoms with Crippen molar-refractivity contribution in [1.29, 1.82) is 0 Å². The maximum atomic E-state index is 12.1. The smallest absolute Gasteiger partial charge is 0.410 e. The number of rotatable bonds is 1. The van der Waals surface area contributed by atoms with E-state index in [-0.39, 0.29) is 6.09 Å². The van der Waals surface area contributed by atoms with Gasteiger partial charge in [0, 0.05) is 13.1 Å². The van der Waals surface area contributed by atoms with Crippen molar-refractivity contribution in [3.05, 3.63) is 0 Å². The van der Waals surface area contributed by atoms with E-state index in [1.54, 1.807) is 0 Å². The van der Waals surface area contributed by atoms with E-state index in [1.807, 2.05) is 37.4 Å². The van der Waals surface area contributed by atoms with E-state index >= 15 is 0 Å². The molecule has 2 unspecified atom stereocenters. The number of carbonyl (C=O) groups is 1. The maximum Gasteiger partial charge on any atom is 0.410 e. The highest BCUT2D eigenvalue weighted by Gasteiger charge is 2.41. The molecule has 2 rings (SSSR count). The average molecular weight is 272 g/mol. The first kappa shape index (κ1) is 14.0. The zero-order valence-corrected chi connectivity index (χ0v) is 12.3. The largest absolute Gasteiger partial charge is 0.444 e. The van der Waals surface area contributed by atoms with Crippen LogP contribution in [0.25, 0.3) is 0 Å². The fourth-order valence-corrected chi connectivity index (χ4v) is 4.33. The van der Waals surface area contributed by atoms with E-state index in [9.17, 15) is 4.79 Å². The number of hydrogen-bond acceptors (Lipinski definition) is 4. The van der Waals surface area contributed by atoms with Gasteiger partial charge in [0.2, 0.25) is 0 Å². The molecule has 5 heteroatoms. The summed E-state index contributed by atoms with van der Waals surface area (Å²) in [5.41, 5.74) is 5.46. The van der Waals surface area contributed by atoms with Crippen LogP contribution in [-0.2, 0) is 4.74 Å². The van der Waals surface area contributed by atoms with Crippen molar-refractivity contribution < 1.29 is 9.53 Å². The highest BCUT2D eigenvalue weighted by atomic mass is 32.2. The molecular weight excluding hydrogens is 248 g/mol. The summed E-state index contributed by atoms with van der Waals surface area (Å²) in [7, 11) is 0. The summed E-state index contributed by atoms with van der Waals surface area (Å²) in [4.78, 5) is 14.0. The predicted octanol–water partition coefficient (Wildman–Crippen LogP) is 1.79. The van der Waals surface area contributed by atoms with Crippen LogP contribution in [0.5, 0.6) is 0 Å². The monoisotopic (exact) mass is 272 g/mol. The van der Waals surface area contributed by atoms with Crippen LogP contribution in [0, 0.1) is 17.8 Å². The topological polar surface area (TPSA) is 55.6 Å². The lowest BCUT2D eigenvalue weighted by atomic mass is 9.79. The standard InChI is InChI=1S/C13H24N2O2S/c1-13(2,3)17-12(16)15-5-9-7-18-8-10(6-15)11(9)4-14/h9-11H,4-8,14H2,1-3H3. The molecule has 0 aromatic rings. The Bertz CT molecular complexity index is 303. The highest BCUT2D eigenvalue weighted by Crippen LogP contribution is 2.37. The second-order valence-corrected chi connectivity index (χ2v) is 7.42. The Labute approximate surface area is 114 Å². The van der Waals surface area contributed by atoms with E-state index in [2.05, 4.69) is 0 Å². The van der Waals surface area contributed by atoms with Gasteiger partial charge >= 0.3 is 6.09 Å². The SMILES string of the molecule is CC(C)(C)OC(=O)N1CC2CSCC(C1)C2CN. The Morgan fingerprint density at radius 1 is 1.33 bits per heavy atom. The van der Waals surface area contributed by atoms with Crippen molar-refractivity contribution in [1.82, 2.24) is 4.90 Å². The van der Waals surface area contributed by atoms with Crippen molar-refractivity contribution in [3.63, 3.8) is 0 Å². The Morgan fingerprint density at radius 2 is 1.89 bits per heavy atom. The van der Waals surface area contributed by atoms with Crippen LogP contribution < -0.4 is 5.73 Å². The fraction of sp³-hybridized carbons (Fsp3) is 0.923. The molecule has 2 aliphatic rings. The number of thioether (sulfide) groups is 1. The zero-order valence-electron chi connectivity index (χ0n) is 11.5. The van der Waals surface area contributed by atoms with Gasteiger partial charge in [-0.2, -0.15) is 11.8 Å². The molecular formula is C13H24N2O2S. The zero-order chi connectivity index (χ0) is 13.3. The second kappa shape index (κ2) is 5.29. The number of ether oxygens (including phenoxy) is 1. The number of nitrogens with zero attached hydrogens (tertiary/aromatic N) is 1. The fourth-order valence-electron chi connectivity index (χ4n) is 2.88. The summed E-state index contributed by atoms with van der Waals surface area (Å²) < 4.78 is 5.46. The van der Waals surface area contributed by atoms with Crippen LogP contribution in [0.3, 0.4) is 0 Å². The van der Waals surface area contributed by atoms with Crippen molar-refractivity contribution in [2.45, 2.75) is 26.4 Å². The molecule has 0 radical (unpaired) electrons. The Balaban J connectivity index is 1.99. The van der Waals surface area contributed by atoms with E-state index in [4.69, 9.17) is 10.5 Å². The van der Waals surface area contributed by atoms with Gasteiger partial charge in [-0.15, -0.1) is 0 Å². The number of carbonyl (C=O) groups excluding carboxylic acids is 1. The lowest BCUT2D eigenvalue weighted by molar-refractivity contribution is 0.00247. The Kier molecular flexibility index (Phi) is 4.11. The maximum absolute atomic E-state index is 12.1. The predicted molar refractivity (Wildman–Crippen MR) is 74.7 cm³/mol. The lowest BCUT2D eigenvalue weighted by Crippen LogP contribution is -2.55. The van der Waals surface area contributed by atoms with Crippen LogP contribution in [0.2, 0.25) is 0 Å². The van der Waals surface area contributed by atoms with Crippen molar-refractivity contribution in [3.8, 4) is 0 Å². The molecule has 0 aliphatic carbocycles. The Morgan fingerprint density at radius 3 is 2.33 bits per heavy atom. The molecule has 18 heavy (non-hydrogen) atoms. The van der Waals surface area contributed by atoms with Gasteiger partial charge in [0.25, 0.3) is 0 Å². The third-order valence-electron chi connectivity index (χ3n) is 3.71. The minimum absolute atomic E-state index is 0.167. The molecule has 2 N–H and O–H groups in total. The minimum Gasteiger partial charge on any atom is -0.444 e. The summed E-state index contributed by atoms with van der Waals surface area (Å²) in [6.07, 6.45) is -0.167. The van der Waals surface area contributed by atoms with Gasteiger partial charge < -0.3 is 15.4 Å².